The van der Waals surface area contributed by atoms with Crippen LogP contribution in [0.15, 0.2) is 18.2 Å². The Labute approximate surface area is 129 Å². The number of aliphatic hydroxyl groups excluding tert-OH is 1. The third-order valence-corrected chi connectivity index (χ3v) is 3.83. The summed E-state index contributed by atoms with van der Waals surface area (Å²) in [6, 6.07) is 3.61. The van der Waals surface area contributed by atoms with Gasteiger partial charge in [-0.1, -0.05) is 13.8 Å². The molecule has 0 amide bonds. The number of hydrogen-bond donors (Lipinski definition) is 1. The van der Waals surface area contributed by atoms with Crippen LogP contribution in [0.5, 0.6) is 0 Å². The molecular formula is C16H22F3N2O. The number of anilines is 1. The summed E-state index contributed by atoms with van der Waals surface area (Å²) in [6.45, 7) is 8.00. The summed E-state index contributed by atoms with van der Waals surface area (Å²) in [5.41, 5.74) is 0.323. The smallest absolute Gasteiger partial charge is 0.392 e. The summed E-state index contributed by atoms with van der Waals surface area (Å²) in [6.07, 6.45) is -4.38. The van der Waals surface area contributed by atoms with Crippen molar-refractivity contribution in [1.82, 2.24) is 4.90 Å². The predicted molar refractivity (Wildman–Crippen MR) is 80.6 cm³/mol. The maximum atomic E-state index is 12.7. The van der Waals surface area contributed by atoms with Gasteiger partial charge in [-0.2, -0.15) is 13.2 Å². The molecule has 0 aliphatic carbocycles. The van der Waals surface area contributed by atoms with E-state index in [1.807, 2.05) is 4.90 Å². The van der Waals surface area contributed by atoms with Gasteiger partial charge in [0.25, 0.3) is 0 Å². The SMILES string of the molecule is C[C](C)CN1CCN(c2ccc(C(F)(F)F)cc2CO)CC1. The molecule has 6 heteroatoms. The van der Waals surface area contributed by atoms with Gasteiger partial charge in [0.05, 0.1) is 12.2 Å². The summed E-state index contributed by atoms with van der Waals surface area (Å²) in [4.78, 5) is 4.38. The van der Waals surface area contributed by atoms with E-state index >= 15 is 0 Å². The van der Waals surface area contributed by atoms with Crippen LogP contribution in [0.2, 0.25) is 0 Å². The van der Waals surface area contributed by atoms with Crippen molar-refractivity contribution in [2.75, 3.05) is 37.6 Å². The third-order valence-electron chi connectivity index (χ3n) is 3.83. The van der Waals surface area contributed by atoms with Crippen molar-refractivity contribution in [2.24, 2.45) is 0 Å². The second kappa shape index (κ2) is 6.87. The van der Waals surface area contributed by atoms with E-state index in [1.165, 1.54) is 12.0 Å². The molecule has 3 nitrogen and oxygen atoms in total. The Balaban J connectivity index is 2.10. The average molecular weight is 315 g/mol. The molecule has 1 aromatic carbocycles. The Morgan fingerprint density at radius 1 is 1.14 bits per heavy atom. The van der Waals surface area contributed by atoms with Gasteiger partial charge in [0.15, 0.2) is 0 Å². The minimum atomic E-state index is -4.38. The van der Waals surface area contributed by atoms with Gasteiger partial charge < -0.3 is 10.0 Å². The zero-order valence-electron chi connectivity index (χ0n) is 13.0. The van der Waals surface area contributed by atoms with Crippen LogP contribution in [0.4, 0.5) is 18.9 Å². The molecule has 1 aromatic rings. The van der Waals surface area contributed by atoms with Crippen molar-refractivity contribution in [3.05, 3.63) is 35.2 Å². The molecule has 1 N–H and O–H groups in total. The third kappa shape index (κ3) is 4.14. The van der Waals surface area contributed by atoms with E-state index in [-0.39, 0.29) is 6.61 Å². The molecule has 0 spiro atoms. The number of piperazine rings is 1. The molecule has 0 bridgehead atoms. The van der Waals surface area contributed by atoms with Crippen molar-refractivity contribution in [3.8, 4) is 0 Å². The lowest BCUT2D eigenvalue weighted by Crippen LogP contribution is -2.47. The lowest BCUT2D eigenvalue weighted by atomic mass is 10.1. The number of hydrogen-bond acceptors (Lipinski definition) is 3. The largest absolute Gasteiger partial charge is 0.416 e. The first kappa shape index (κ1) is 17.1. The molecular weight excluding hydrogens is 293 g/mol. The highest BCUT2D eigenvalue weighted by molar-refractivity contribution is 5.55. The van der Waals surface area contributed by atoms with Gasteiger partial charge in [0.1, 0.15) is 0 Å². The monoisotopic (exact) mass is 315 g/mol. The number of rotatable bonds is 4. The molecule has 1 radical (unpaired) electrons. The summed E-state index contributed by atoms with van der Waals surface area (Å²) in [5.74, 6) is 1.35. The Kier molecular flexibility index (Phi) is 5.34. The Bertz CT molecular complexity index is 495. The molecule has 22 heavy (non-hydrogen) atoms. The summed E-state index contributed by atoms with van der Waals surface area (Å²) >= 11 is 0. The summed E-state index contributed by atoms with van der Waals surface area (Å²) in [7, 11) is 0. The molecule has 0 atom stereocenters. The van der Waals surface area contributed by atoms with Crippen LogP contribution >= 0.6 is 0 Å². The van der Waals surface area contributed by atoms with Gasteiger partial charge in [-0.15, -0.1) is 0 Å². The van der Waals surface area contributed by atoms with Crippen molar-refractivity contribution in [1.29, 1.82) is 0 Å². The van der Waals surface area contributed by atoms with Crippen molar-refractivity contribution in [3.63, 3.8) is 0 Å². The van der Waals surface area contributed by atoms with Crippen molar-refractivity contribution < 1.29 is 18.3 Å². The lowest BCUT2D eigenvalue weighted by molar-refractivity contribution is -0.137. The lowest BCUT2D eigenvalue weighted by Gasteiger charge is -2.37. The molecule has 123 valence electrons. The van der Waals surface area contributed by atoms with Gasteiger partial charge in [-0.25, -0.2) is 0 Å². The molecule has 2 rings (SSSR count). The van der Waals surface area contributed by atoms with Crippen LogP contribution in [-0.2, 0) is 12.8 Å². The van der Waals surface area contributed by atoms with Crippen LogP contribution < -0.4 is 4.90 Å². The first-order valence-electron chi connectivity index (χ1n) is 7.38. The van der Waals surface area contributed by atoms with Gasteiger partial charge in [0.2, 0.25) is 0 Å². The van der Waals surface area contributed by atoms with Gasteiger partial charge >= 0.3 is 6.18 Å². The fraction of sp³-hybridized carbons (Fsp3) is 0.562. The summed E-state index contributed by atoms with van der Waals surface area (Å²) < 4.78 is 38.2. The quantitative estimate of drug-likeness (QED) is 0.925. The molecule has 1 aliphatic rings. The van der Waals surface area contributed by atoms with Crippen LogP contribution in [0.1, 0.15) is 25.0 Å². The van der Waals surface area contributed by atoms with E-state index < -0.39 is 11.7 Å². The highest BCUT2D eigenvalue weighted by Crippen LogP contribution is 2.33. The van der Waals surface area contributed by atoms with E-state index in [4.69, 9.17) is 0 Å². The highest BCUT2D eigenvalue weighted by atomic mass is 19.4. The fourth-order valence-corrected chi connectivity index (χ4v) is 2.79. The normalized spacial score (nSPS) is 17.3. The second-order valence-electron chi connectivity index (χ2n) is 5.97. The first-order chi connectivity index (χ1) is 10.3. The molecule has 1 aliphatic heterocycles. The van der Waals surface area contributed by atoms with E-state index in [1.54, 1.807) is 0 Å². The van der Waals surface area contributed by atoms with Gasteiger partial charge in [-0.05, 0) is 24.1 Å². The maximum Gasteiger partial charge on any atom is 0.416 e. The van der Waals surface area contributed by atoms with E-state index in [0.29, 0.717) is 11.3 Å². The van der Waals surface area contributed by atoms with Gasteiger partial charge in [0, 0.05) is 44.0 Å². The zero-order valence-corrected chi connectivity index (χ0v) is 13.0. The van der Waals surface area contributed by atoms with Crippen LogP contribution in [0.25, 0.3) is 0 Å². The number of aliphatic hydroxyl groups is 1. The average Bonchev–Trinajstić information content (AvgIpc) is 2.46. The van der Waals surface area contributed by atoms with Crippen molar-refractivity contribution >= 4 is 5.69 Å². The number of halogens is 3. The molecule has 1 saturated heterocycles. The minimum Gasteiger partial charge on any atom is -0.392 e. The Hall–Kier alpha value is -1.27. The first-order valence-corrected chi connectivity index (χ1v) is 7.38. The maximum absolute atomic E-state index is 12.7. The summed E-state index contributed by atoms with van der Waals surface area (Å²) in [5, 5.41) is 9.40. The van der Waals surface area contributed by atoms with Gasteiger partial charge in [-0.3, -0.25) is 4.90 Å². The van der Waals surface area contributed by atoms with E-state index in [2.05, 4.69) is 18.7 Å². The zero-order chi connectivity index (χ0) is 16.3. The molecule has 1 fully saturated rings. The standard InChI is InChI=1S/C16H22F3N2O/c1-12(2)10-20-5-7-21(8-6-20)15-4-3-14(16(17,18)19)9-13(15)11-22/h3-4,9,22H,5-8,10-11H2,1-2H3. The number of alkyl halides is 3. The van der Waals surface area contributed by atoms with Crippen LogP contribution in [-0.4, -0.2) is 42.7 Å². The van der Waals surface area contributed by atoms with E-state index in [9.17, 15) is 18.3 Å². The molecule has 1 heterocycles. The number of nitrogens with zero attached hydrogens (tertiary/aromatic N) is 2. The predicted octanol–water partition coefficient (Wildman–Crippen LogP) is 2.93. The highest BCUT2D eigenvalue weighted by Gasteiger charge is 2.31. The Morgan fingerprint density at radius 2 is 1.77 bits per heavy atom. The number of benzene rings is 1. The van der Waals surface area contributed by atoms with E-state index in [0.717, 1.165) is 44.9 Å². The van der Waals surface area contributed by atoms with Crippen LogP contribution in [0, 0.1) is 5.92 Å². The van der Waals surface area contributed by atoms with Crippen LogP contribution in [0.3, 0.4) is 0 Å². The second-order valence-corrected chi connectivity index (χ2v) is 5.97. The minimum absolute atomic E-state index is 0.335. The fourth-order valence-electron chi connectivity index (χ4n) is 2.79. The topological polar surface area (TPSA) is 26.7 Å². The van der Waals surface area contributed by atoms with Crippen molar-refractivity contribution in [2.45, 2.75) is 26.6 Å². The molecule has 0 saturated carbocycles. The Morgan fingerprint density at radius 3 is 2.27 bits per heavy atom. The molecule has 0 unspecified atom stereocenters. The molecule has 0 aromatic heterocycles.